The molecule has 3 rings (SSSR count). The largest absolute Gasteiger partial charge is 0.485 e. The van der Waals surface area contributed by atoms with Crippen LogP contribution >= 0.6 is 0 Å². The fraction of sp³-hybridized carbons (Fsp3) is 0.471. The molecule has 1 aromatic carbocycles. The molecule has 0 radical (unpaired) electrons. The van der Waals surface area contributed by atoms with Crippen LogP contribution in [0.2, 0.25) is 0 Å². The van der Waals surface area contributed by atoms with E-state index in [1.807, 2.05) is 24.0 Å². The molecule has 0 saturated heterocycles. The molecule has 2 aromatic rings. The number of hydrogen-bond acceptors (Lipinski definition) is 3. The molecule has 1 aromatic heterocycles. The summed E-state index contributed by atoms with van der Waals surface area (Å²) in [6, 6.07) is 8.69. The third-order valence-electron chi connectivity index (χ3n) is 4.27. The first-order valence-electron chi connectivity index (χ1n) is 7.68. The third kappa shape index (κ3) is 2.68. The van der Waals surface area contributed by atoms with E-state index < -0.39 is 0 Å². The summed E-state index contributed by atoms with van der Waals surface area (Å²) in [5.41, 5.74) is 3.63. The Bertz CT molecular complexity index is 620. The molecule has 112 valence electrons. The van der Waals surface area contributed by atoms with Crippen LogP contribution in [0.3, 0.4) is 0 Å². The number of aryl methyl sites for hydroxylation is 1. The predicted octanol–water partition coefficient (Wildman–Crippen LogP) is 3.29. The minimum atomic E-state index is 0.0722. The molecule has 21 heavy (non-hydrogen) atoms. The lowest BCUT2D eigenvalue weighted by Crippen LogP contribution is -2.29. The van der Waals surface area contributed by atoms with Crippen LogP contribution < -0.4 is 10.1 Å². The third-order valence-corrected chi connectivity index (χ3v) is 4.27. The summed E-state index contributed by atoms with van der Waals surface area (Å²) in [7, 11) is 1.97. The smallest absolute Gasteiger partial charge is 0.129 e. The van der Waals surface area contributed by atoms with E-state index in [2.05, 4.69) is 42.5 Å². The van der Waals surface area contributed by atoms with Crippen molar-refractivity contribution in [2.75, 3.05) is 6.54 Å². The number of ether oxygens (including phenoxy) is 1. The second kappa shape index (κ2) is 5.90. The summed E-state index contributed by atoms with van der Waals surface area (Å²) in [6.45, 7) is 5.32. The summed E-state index contributed by atoms with van der Waals surface area (Å²) < 4.78 is 8.14. The Labute approximate surface area is 126 Å². The first-order valence-corrected chi connectivity index (χ1v) is 7.68. The van der Waals surface area contributed by atoms with Crippen molar-refractivity contribution in [1.82, 2.24) is 15.1 Å². The van der Waals surface area contributed by atoms with Gasteiger partial charge >= 0.3 is 0 Å². The number of benzene rings is 1. The maximum absolute atomic E-state index is 6.23. The molecule has 0 aliphatic carbocycles. The highest BCUT2D eigenvalue weighted by Gasteiger charge is 2.30. The van der Waals surface area contributed by atoms with E-state index in [9.17, 15) is 0 Å². The van der Waals surface area contributed by atoms with Crippen molar-refractivity contribution >= 4 is 0 Å². The summed E-state index contributed by atoms with van der Waals surface area (Å²) in [5.74, 6) is 0.991. The van der Waals surface area contributed by atoms with Crippen LogP contribution in [-0.4, -0.2) is 16.3 Å². The number of fused-ring (bicyclic) bond motifs is 1. The molecule has 2 atom stereocenters. The number of hydrogen-bond donors (Lipinski definition) is 1. The SMILES string of the molecule is CCCNC1CC(c2cnn(C)c2C)Oc2ccccc21. The highest BCUT2D eigenvalue weighted by Crippen LogP contribution is 2.41. The van der Waals surface area contributed by atoms with E-state index in [0.29, 0.717) is 6.04 Å². The van der Waals surface area contributed by atoms with Crippen molar-refractivity contribution in [1.29, 1.82) is 0 Å². The number of aromatic nitrogens is 2. The lowest BCUT2D eigenvalue weighted by molar-refractivity contribution is 0.151. The van der Waals surface area contributed by atoms with Gasteiger partial charge in [-0.1, -0.05) is 25.1 Å². The highest BCUT2D eigenvalue weighted by atomic mass is 16.5. The van der Waals surface area contributed by atoms with Gasteiger partial charge in [0, 0.05) is 36.3 Å². The molecule has 2 heterocycles. The maximum Gasteiger partial charge on any atom is 0.129 e. The monoisotopic (exact) mass is 285 g/mol. The summed E-state index contributed by atoms with van der Waals surface area (Å²) in [4.78, 5) is 0. The fourth-order valence-corrected chi connectivity index (χ4v) is 2.95. The Morgan fingerprint density at radius 1 is 1.33 bits per heavy atom. The topological polar surface area (TPSA) is 39.1 Å². The average Bonchev–Trinajstić information content (AvgIpc) is 2.84. The number of nitrogens with zero attached hydrogens (tertiary/aromatic N) is 2. The first kappa shape index (κ1) is 14.1. The zero-order valence-corrected chi connectivity index (χ0v) is 13.0. The van der Waals surface area contributed by atoms with Crippen molar-refractivity contribution in [2.24, 2.45) is 7.05 Å². The van der Waals surface area contributed by atoms with Crippen molar-refractivity contribution in [3.05, 3.63) is 47.3 Å². The van der Waals surface area contributed by atoms with E-state index in [1.54, 1.807) is 0 Å². The second-order valence-electron chi connectivity index (χ2n) is 5.70. The molecule has 0 amide bonds. The molecule has 1 N–H and O–H groups in total. The molecule has 4 heteroatoms. The minimum Gasteiger partial charge on any atom is -0.485 e. The van der Waals surface area contributed by atoms with E-state index in [-0.39, 0.29) is 6.10 Å². The quantitative estimate of drug-likeness (QED) is 0.937. The zero-order chi connectivity index (χ0) is 14.8. The highest BCUT2D eigenvalue weighted by molar-refractivity contribution is 5.39. The molecular formula is C17H23N3O. The second-order valence-corrected chi connectivity index (χ2v) is 5.70. The Hall–Kier alpha value is -1.81. The Kier molecular flexibility index (Phi) is 3.97. The van der Waals surface area contributed by atoms with Crippen molar-refractivity contribution in [3.63, 3.8) is 0 Å². The molecule has 0 saturated carbocycles. The van der Waals surface area contributed by atoms with Gasteiger partial charge in [0.1, 0.15) is 11.9 Å². The van der Waals surface area contributed by atoms with E-state index in [4.69, 9.17) is 4.74 Å². The van der Waals surface area contributed by atoms with Crippen LogP contribution in [0.4, 0.5) is 0 Å². The molecule has 0 bridgehead atoms. The van der Waals surface area contributed by atoms with E-state index in [0.717, 1.165) is 25.1 Å². The number of rotatable bonds is 4. The van der Waals surface area contributed by atoms with Crippen LogP contribution in [0.25, 0.3) is 0 Å². The summed E-state index contributed by atoms with van der Waals surface area (Å²) in [5, 5.41) is 8.00. The lowest BCUT2D eigenvalue weighted by atomic mass is 9.93. The van der Waals surface area contributed by atoms with Gasteiger partial charge in [-0.25, -0.2) is 0 Å². The van der Waals surface area contributed by atoms with Crippen molar-refractivity contribution in [2.45, 2.75) is 38.8 Å². The first-order chi connectivity index (χ1) is 10.2. The fourth-order valence-electron chi connectivity index (χ4n) is 2.95. The molecule has 0 spiro atoms. The van der Waals surface area contributed by atoms with Gasteiger partial charge in [-0.2, -0.15) is 5.10 Å². The molecule has 4 nitrogen and oxygen atoms in total. The molecular weight excluding hydrogens is 262 g/mol. The van der Waals surface area contributed by atoms with Crippen LogP contribution in [0, 0.1) is 6.92 Å². The van der Waals surface area contributed by atoms with Gasteiger partial charge in [0.15, 0.2) is 0 Å². The zero-order valence-electron chi connectivity index (χ0n) is 13.0. The lowest BCUT2D eigenvalue weighted by Gasteiger charge is -2.32. The number of para-hydroxylation sites is 1. The van der Waals surface area contributed by atoms with E-state index in [1.165, 1.54) is 16.8 Å². The maximum atomic E-state index is 6.23. The minimum absolute atomic E-state index is 0.0722. The summed E-state index contributed by atoms with van der Waals surface area (Å²) >= 11 is 0. The van der Waals surface area contributed by atoms with Gasteiger partial charge < -0.3 is 10.1 Å². The van der Waals surface area contributed by atoms with Gasteiger partial charge in [-0.3, -0.25) is 4.68 Å². The average molecular weight is 285 g/mol. The van der Waals surface area contributed by atoms with Gasteiger partial charge in [0.2, 0.25) is 0 Å². The molecule has 1 aliphatic heterocycles. The van der Waals surface area contributed by atoms with Crippen molar-refractivity contribution in [3.8, 4) is 5.75 Å². The van der Waals surface area contributed by atoms with Gasteiger partial charge in [0.05, 0.1) is 6.20 Å². The van der Waals surface area contributed by atoms with Gasteiger partial charge in [0.25, 0.3) is 0 Å². The normalized spacial score (nSPS) is 20.9. The number of nitrogens with one attached hydrogen (secondary N) is 1. The van der Waals surface area contributed by atoms with Crippen LogP contribution in [0.15, 0.2) is 30.5 Å². The van der Waals surface area contributed by atoms with Gasteiger partial charge in [-0.15, -0.1) is 0 Å². The Morgan fingerprint density at radius 3 is 2.86 bits per heavy atom. The standard InChI is InChI=1S/C17H23N3O/c1-4-9-18-15-10-17(14-11-19-20(3)12(14)2)21-16-8-6-5-7-13(15)16/h5-8,11,15,17-18H,4,9-10H2,1-3H3. The molecule has 0 fully saturated rings. The van der Waals surface area contributed by atoms with E-state index >= 15 is 0 Å². The van der Waals surface area contributed by atoms with Crippen molar-refractivity contribution < 1.29 is 4.74 Å². The van der Waals surface area contributed by atoms with Crippen LogP contribution in [0.1, 0.15) is 48.7 Å². The molecule has 1 aliphatic rings. The summed E-state index contributed by atoms with van der Waals surface area (Å²) in [6.07, 6.45) is 4.09. The van der Waals surface area contributed by atoms with Crippen LogP contribution in [-0.2, 0) is 7.05 Å². The Morgan fingerprint density at radius 2 is 2.14 bits per heavy atom. The molecule has 2 unspecified atom stereocenters. The Balaban J connectivity index is 1.91. The van der Waals surface area contributed by atoms with Gasteiger partial charge in [-0.05, 0) is 26.0 Å². The predicted molar refractivity (Wildman–Crippen MR) is 83.4 cm³/mol. The van der Waals surface area contributed by atoms with Crippen LogP contribution in [0.5, 0.6) is 5.75 Å².